The van der Waals surface area contributed by atoms with Gasteiger partial charge in [0.1, 0.15) is 0 Å². The van der Waals surface area contributed by atoms with Crippen LogP contribution in [-0.4, -0.2) is 58.8 Å². The van der Waals surface area contributed by atoms with Crippen molar-refractivity contribution < 1.29 is 0 Å². The Morgan fingerprint density at radius 2 is 2.05 bits per heavy atom. The Morgan fingerprint density at radius 1 is 1.10 bits per heavy atom. The molecule has 0 radical (unpaired) electrons. The number of aromatic amines is 1. The smallest absolute Gasteiger partial charge is 0.0657 e. The first kappa shape index (κ1) is 13.8. The molecule has 2 saturated heterocycles. The first-order valence-corrected chi connectivity index (χ1v) is 8.91. The molecule has 4 rings (SSSR count). The molecule has 0 aromatic carbocycles. The minimum atomic E-state index is 0.858. The zero-order valence-electron chi connectivity index (χ0n) is 13.1. The van der Waals surface area contributed by atoms with Gasteiger partial charge in [0.2, 0.25) is 0 Å². The van der Waals surface area contributed by atoms with Crippen LogP contribution in [0.15, 0.2) is 0 Å². The van der Waals surface area contributed by atoms with Gasteiger partial charge in [-0.15, -0.1) is 0 Å². The van der Waals surface area contributed by atoms with Crippen LogP contribution in [-0.2, 0) is 19.3 Å². The van der Waals surface area contributed by atoms with Gasteiger partial charge in [-0.3, -0.25) is 10.00 Å². The number of hydrogen-bond donors (Lipinski definition) is 1. The van der Waals surface area contributed by atoms with E-state index in [0.717, 1.165) is 12.5 Å². The van der Waals surface area contributed by atoms with Gasteiger partial charge in [-0.2, -0.15) is 5.10 Å². The number of piperazine rings is 1. The number of nitrogens with one attached hydrogen (secondary N) is 1. The molecule has 116 valence electrons. The summed E-state index contributed by atoms with van der Waals surface area (Å²) < 4.78 is 0. The van der Waals surface area contributed by atoms with Gasteiger partial charge in [0.25, 0.3) is 0 Å². The minimum Gasteiger partial charge on any atom is -0.300 e. The van der Waals surface area contributed by atoms with Gasteiger partial charge < -0.3 is 4.90 Å². The highest BCUT2D eigenvalue weighted by Crippen LogP contribution is 2.24. The Bertz CT molecular complexity index is 481. The van der Waals surface area contributed by atoms with E-state index in [1.807, 2.05) is 0 Å². The van der Waals surface area contributed by atoms with Gasteiger partial charge in [0.05, 0.1) is 5.69 Å². The molecule has 0 amide bonds. The fourth-order valence-electron chi connectivity index (χ4n) is 4.49. The van der Waals surface area contributed by atoms with E-state index in [2.05, 4.69) is 20.0 Å². The number of hydrogen-bond acceptors (Lipinski definition) is 3. The SMILES string of the molecule is C1CCc2c(CCCN3CCN4CCCC4C3)n[nH]c2C1. The van der Waals surface area contributed by atoms with Crippen LogP contribution >= 0.6 is 0 Å². The zero-order valence-corrected chi connectivity index (χ0v) is 13.1. The maximum Gasteiger partial charge on any atom is 0.0657 e. The van der Waals surface area contributed by atoms with Crippen LogP contribution in [0.3, 0.4) is 0 Å². The molecule has 1 aromatic rings. The maximum absolute atomic E-state index is 4.58. The summed E-state index contributed by atoms with van der Waals surface area (Å²) in [5.74, 6) is 0. The van der Waals surface area contributed by atoms with E-state index in [0.29, 0.717) is 0 Å². The lowest BCUT2D eigenvalue weighted by molar-refractivity contribution is 0.104. The third kappa shape index (κ3) is 2.88. The molecule has 1 unspecified atom stereocenters. The third-order valence-corrected chi connectivity index (χ3v) is 5.70. The Balaban J connectivity index is 1.27. The molecule has 2 aliphatic heterocycles. The molecular formula is C17H28N4. The first-order valence-electron chi connectivity index (χ1n) is 8.91. The molecule has 1 aromatic heterocycles. The van der Waals surface area contributed by atoms with Gasteiger partial charge in [0, 0.05) is 31.4 Å². The Labute approximate surface area is 127 Å². The summed E-state index contributed by atoms with van der Waals surface area (Å²) in [5.41, 5.74) is 4.35. The lowest BCUT2D eigenvalue weighted by atomic mass is 9.94. The van der Waals surface area contributed by atoms with Gasteiger partial charge in [0.15, 0.2) is 0 Å². The van der Waals surface area contributed by atoms with Crippen LogP contribution < -0.4 is 0 Å². The van der Waals surface area contributed by atoms with Gasteiger partial charge in [-0.25, -0.2) is 0 Å². The molecule has 0 saturated carbocycles. The Hall–Kier alpha value is -0.870. The van der Waals surface area contributed by atoms with Crippen molar-refractivity contribution in [3.05, 3.63) is 17.0 Å². The Kier molecular flexibility index (Phi) is 3.99. The van der Waals surface area contributed by atoms with Crippen molar-refractivity contribution in [3.63, 3.8) is 0 Å². The molecule has 1 aliphatic carbocycles. The van der Waals surface area contributed by atoms with Crippen molar-refractivity contribution in [2.45, 2.75) is 57.4 Å². The largest absolute Gasteiger partial charge is 0.300 e. The summed E-state index contributed by atoms with van der Waals surface area (Å²) in [4.78, 5) is 5.38. The van der Waals surface area contributed by atoms with Crippen LogP contribution in [0.5, 0.6) is 0 Å². The number of nitrogens with zero attached hydrogens (tertiary/aromatic N) is 3. The predicted molar refractivity (Wildman–Crippen MR) is 84.6 cm³/mol. The van der Waals surface area contributed by atoms with Crippen LogP contribution in [0.1, 0.15) is 49.1 Å². The van der Waals surface area contributed by atoms with E-state index in [1.54, 1.807) is 5.56 Å². The summed E-state index contributed by atoms with van der Waals surface area (Å²) in [6, 6.07) is 0.858. The normalized spacial score (nSPS) is 26.8. The Morgan fingerprint density at radius 3 is 3.05 bits per heavy atom. The van der Waals surface area contributed by atoms with Crippen molar-refractivity contribution >= 4 is 0 Å². The lowest BCUT2D eigenvalue weighted by Gasteiger charge is -2.37. The highest BCUT2D eigenvalue weighted by molar-refractivity contribution is 5.27. The van der Waals surface area contributed by atoms with Crippen LogP contribution in [0, 0.1) is 0 Å². The van der Waals surface area contributed by atoms with E-state index < -0.39 is 0 Å². The van der Waals surface area contributed by atoms with E-state index in [4.69, 9.17) is 0 Å². The molecule has 3 heterocycles. The molecule has 1 atom stereocenters. The number of fused-ring (bicyclic) bond motifs is 2. The number of rotatable bonds is 4. The number of aryl methyl sites for hydroxylation is 2. The zero-order chi connectivity index (χ0) is 14.1. The third-order valence-electron chi connectivity index (χ3n) is 5.70. The highest BCUT2D eigenvalue weighted by Gasteiger charge is 2.30. The topological polar surface area (TPSA) is 35.2 Å². The summed E-state index contributed by atoms with van der Waals surface area (Å²) in [5, 5.41) is 7.86. The quantitative estimate of drug-likeness (QED) is 0.920. The second kappa shape index (κ2) is 6.09. The van der Waals surface area contributed by atoms with Crippen LogP contribution in [0.4, 0.5) is 0 Å². The minimum absolute atomic E-state index is 0.858. The van der Waals surface area contributed by atoms with E-state index >= 15 is 0 Å². The standard InChI is InChI=1S/C17H28N4/c1-2-7-16-15(6-1)17(19-18-16)8-4-9-20-11-12-21-10-3-5-14(21)13-20/h14H,1-13H2,(H,18,19). The number of aromatic nitrogens is 2. The van der Waals surface area contributed by atoms with Gasteiger partial charge in [-0.1, -0.05) is 0 Å². The lowest BCUT2D eigenvalue weighted by Crippen LogP contribution is -2.50. The molecular weight excluding hydrogens is 260 g/mol. The molecule has 21 heavy (non-hydrogen) atoms. The highest BCUT2D eigenvalue weighted by atomic mass is 15.3. The molecule has 3 aliphatic rings. The molecule has 4 heteroatoms. The molecule has 0 spiro atoms. The monoisotopic (exact) mass is 288 g/mol. The summed E-state index contributed by atoms with van der Waals surface area (Å²) in [6.07, 6.45) is 10.4. The average molecular weight is 288 g/mol. The van der Waals surface area contributed by atoms with Crippen molar-refractivity contribution in [1.29, 1.82) is 0 Å². The van der Waals surface area contributed by atoms with E-state index in [-0.39, 0.29) is 0 Å². The molecule has 2 fully saturated rings. The second-order valence-electron chi connectivity index (χ2n) is 7.07. The summed E-state index contributed by atoms with van der Waals surface area (Å²) in [6.45, 7) is 6.47. The van der Waals surface area contributed by atoms with Crippen molar-refractivity contribution in [2.75, 3.05) is 32.7 Å². The van der Waals surface area contributed by atoms with E-state index in [1.165, 1.54) is 89.1 Å². The second-order valence-corrected chi connectivity index (χ2v) is 7.07. The predicted octanol–water partition coefficient (Wildman–Crippen LogP) is 2.00. The maximum atomic E-state index is 4.58. The summed E-state index contributed by atoms with van der Waals surface area (Å²) >= 11 is 0. The molecule has 4 nitrogen and oxygen atoms in total. The van der Waals surface area contributed by atoms with Gasteiger partial charge >= 0.3 is 0 Å². The van der Waals surface area contributed by atoms with Crippen molar-refractivity contribution in [3.8, 4) is 0 Å². The summed E-state index contributed by atoms with van der Waals surface area (Å²) in [7, 11) is 0. The van der Waals surface area contributed by atoms with Crippen molar-refractivity contribution in [2.24, 2.45) is 0 Å². The molecule has 0 bridgehead atoms. The fourth-order valence-corrected chi connectivity index (χ4v) is 4.49. The first-order chi connectivity index (χ1) is 10.4. The molecule has 1 N–H and O–H groups in total. The van der Waals surface area contributed by atoms with E-state index in [9.17, 15) is 0 Å². The van der Waals surface area contributed by atoms with Crippen LogP contribution in [0.2, 0.25) is 0 Å². The fraction of sp³-hybridized carbons (Fsp3) is 0.824. The van der Waals surface area contributed by atoms with Crippen LogP contribution in [0.25, 0.3) is 0 Å². The van der Waals surface area contributed by atoms with Gasteiger partial charge in [-0.05, 0) is 70.0 Å². The average Bonchev–Trinajstić information content (AvgIpc) is 3.14. The van der Waals surface area contributed by atoms with Crippen molar-refractivity contribution in [1.82, 2.24) is 20.0 Å². The number of H-pyrrole nitrogens is 1.